The molecule has 0 aromatic carbocycles. The van der Waals surface area contributed by atoms with Crippen LogP contribution < -0.4 is 4.90 Å². The fraction of sp³-hybridized carbons (Fsp3) is 0.600. The van der Waals surface area contributed by atoms with Crippen LogP contribution in [-0.2, 0) is 17.8 Å². The summed E-state index contributed by atoms with van der Waals surface area (Å²) in [5.74, 6) is 2.44. The summed E-state index contributed by atoms with van der Waals surface area (Å²) in [7, 11) is 0. The van der Waals surface area contributed by atoms with Gasteiger partial charge in [0.15, 0.2) is 5.82 Å². The molecule has 1 saturated carbocycles. The number of aryl methyl sites for hydroxylation is 1. The van der Waals surface area contributed by atoms with Gasteiger partial charge >= 0.3 is 0 Å². The minimum absolute atomic E-state index is 0.0180. The molecule has 1 atom stereocenters. The van der Waals surface area contributed by atoms with E-state index in [1.54, 1.807) is 0 Å². The summed E-state index contributed by atoms with van der Waals surface area (Å²) < 4.78 is 0. The Morgan fingerprint density at radius 1 is 1.03 bits per heavy atom. The lowest BCUT2D eigenvalue weighted by Crippen LogP contribution is -2.42. The van der Waals surface area contributed by atoms with Crippen molar-refractivity contribution in [2.75, 3.05) is 18.0 Å². The smallest absolute Gasteiger partial charge is 0.226 e. The van der Waals surface area contributed by atoms with Crippen molar-refractivity contribution in [3.8, 4) is 0 Å². The Hall–Kier alpha value is -2.50. The number of aromatic nitrogens is 3. The Bertz CT molecular complexity index is 925. The predicted octanol–water partition coefficient (Wildman–Crippen LogP) is 4.38. The van der Waals surface area contributed by atoms with Gasteiger partial charge in [-0.2, -0.15) is 0 Å². The quantitative estimate of drug-likeness (QED) is 0.736. The largest absolute Gasteiger partial charge is 0.350 e. The highest BCUT2D eigenvalue weighted by atomic mass is 16.2. The lowest BCUT2D eigenvalue weighted by atomic mass is 9.97. The maximum Gasteiger partial charge on any atom is 0.226 e. The number of nitrogens with zero attached hydrogens (tertiary/aromatic N) is 5. The zero-order valence-corrected chi connectivity index (χ0v) is 18.6. The van der Waals surface area contributed by atoms with Gasteiger partial charge in [0.1, 0.15) is 5.82 Å². The van der Waals surface area contributed by atoms with Gasteiger partial charge in [-0.05, 0) is 64.0 Å². The highest BCUT2D eigenvalue weighted by Crippen LogP contribution is 2.36. The average molecular weight is 420 g/mol. The number of amides is 1. The van der Waals surface area contributed by atoms with Gasteiger partial charge in [0.05, 0.1) is 18.3 Å². The summed E-state index contributed by atoms with van der Waals surface area (Å²) >= 11 is 0. The molecule has 5 rings (SSSR count). The molecule has 6 nitrogen and oxygen atoms in total. The second-order valence-corrected chi connectivity index (χ2v) is 9.34. The van der Waals surface area contributed by atoms with Crippen LogP contribution in [0.5, 0.6) is 0 Å². The number of carbonyl (C=O) groups is 1. The molecule has 0 N–H and O–H groups in total. The standard InChI is InChI=1S/C25H33N5O/c1-18-21-12-8-15-29(17-20-11-4-6-14-26-20)24(21)28-23(27-18)22-13-5-7-16-30(22)25(31)19-9-2-3-10-19/h4,6,11,14,19,22H,2-3,5,7-10,12-13,15-17H2,1H3/t22-/m0/s1. The number of rotatable bonds is 4. The van der Waals surface area contributed by atoms with Crippen LogP contribution >= 0.6 is 0 Å². The molecule has 2 aliphatic heterocycles. The van der Waals surface area contributed by atoms with E-state index in [0.717, 1.165) is 87.6 Å². The van der Waals surface area contributed by atoms with E-state index in [1.165, 1.54) is 18.4 Å². The predicted molar refractivity (Wildman–Crippen MR) is 121 cm³/mol. The fourth-order valence-corrected chi connectivity index (χ4v) is 5.57. The summed E-state index contributed by atoms with van der Waals surface area (Å²) in [5.41, 5.74) is 3.39. The molecule has 2 aromatic heterocycles. The van der Waals surface area contributed by atoms with Gasteiger partial charge in [-0.3, -0.25) is 9.78 Å². The van der Waals surface area contributed by atoms with Gasteiger partial charge in [0.25, 0.3) is 0 Å². The molecule has 2 fully saturated rings. The number of hydrogen-bond donors (Lipinski definition) is 0. The molecule has 6 heteroatoms. The average Bonchev–Trinajstić information content (AvgIpc) is 3.35. The third-order valence-corrected chi connectivity index (χ3v) is 7.23. The number of piperidine rings is 1. The van der Waals surface area contributed by atoms with Gasteiger partial charge in [0, 0.05) is 36.5 Å². The van der Waals surface area contributed by atoms with Gasteiger partial charge in [-0.15, -0.1) is 0 Å². The van der Waals surface area contributed by atoms with E-state index < -0.39 is 0 Å². The van der Waals surface area contributed by atoms with Crippen LogP contribution in [0, 0.1) is 12.8 Å². The van der Waals surface area contributed by atoms with E-state index >= 15 is 0 Å². The highest BCUT2D eigenvalue weighted by molar-refractivity contribution is 5.79. The van der Waals surface area contributed by atoms with Crippen LogP contribution in [0.3, 0.4) is 0 Å². The van der Waals surface area contributed by atoms with Gasteiger partial charge in [-0.25, -0.2) is 9.97 Å². The van der Waals surface area contributed by atoms with Crippen molar-refractivity contribution in [2.45, 2.75) is 77.3 Å². The monoisotopic (exact) mass is 419 g/mol. The molecule has 2 aromatic rings. The first-order valence-electron chi connectivity index (χ1n) is 12.0. The van der Waals surface area contributed by atoms with Gasteiger partial charge in [-0.1, -0.05) is 18.9 Å². The maximum atomic E-state index is 13.3. The lowest BCUT2D eigenvalue weighted by Gasteiger charge is -2.38. The Kier molecular flexibility index (Phi) is 5.88. The molecular weight excluding hydrogens is 386 g/mol. The van der Waals surface area contributed by atoms with Crippen molar-refractivity contribution in [1.29, 1.82) is 0 Å². The molecule has 3 aliphatic rings. The highest BCUT2D eigenvalue weighted by Gasteiger charge is 2.36. The SMILES string of the molecule is Cc1nc([C@@H]2CCCCN2C(=O)C2CCCC2)nc2c1CCCN2Cc1ccccn1. The van der Waals surface area contributed by atoms with Crippen molar-refractivity contribution in [2.24, 2.45) is 5.92 Å². The minimum atomic E-state index is 0.0180. The molecule has 31 heavy (non-hydrogen) atoms. The Labute approximate surface area is 185 Å². The van der Waals surface area contributed by atoms with E-state index in [0.29, 0.717) is 5.91 Å². The first-order valence-corrected chi connectivity index (χ1v) is 12.0. The van der Waals surface area contributed by atoms with E-state index in [-0.39, 0.29) is 12.0 Å². The molecule has 0 bridgehead atoms. The number of fused-ring (bicyclic) bond motifs is 1. The maximum absolute atomic E-state index is 13.3. The topological polar surface area (TPSA) is 62.2 Å². The zero-order valence-electron chi connectivity index (χ0n) is 18.6. The number of anilines is 1. The first kappa shape index (κ1) is 20.4. The molecule has 164 valence electrons. The van der Waals surface area contributed by atoms with Crippen LogP contribution in [0.1, 0.15) is 80.2 Å². The van der Waals surface area contributed by atoms with E-state index in [9.17, 15) is 4.79 Å². The van der Waals surface area contributed by atoms with Crippen LogP contribution in [-0.4, -0.2) is 38.8 Å². The molecule has 0 unspecified atom stereocenters. The van der Waals surface area contributed by atoms with Crippen molar-refractivity contribution < 1.29 is 4.79 Å². The first-order chi connectivity index (χ1) is 15.2. The molecule has 1 aliphatic carbocycles. The molecule has 0 spiro atoms. The summed E-state index contributed by atoms with van der Waals surface area (Å²) in [6.45, 7) is 4.70. The summed E-state index contributed by atoms with van der Waals surface area (Å²) in [6.07, 6.45) is 11.6. The Balaban J connectivity index is 1.45. The van der Waals surface area contributed by atoms with Gasteiger partial charge in [0.2, 0.25) is 5.91 Å². The second-order valence-electron chi connectivity index (χ2n) is 9.34. The normalized spacial score (nSPS) is 21.9. The third kappa shape index (κ3) is 4.17. The summed E-state index contributed by atoms with van der Waals surface area (Å²) in [4.78, 5) is 32.4. The number of pyridine rings is 1. The second kappa shape index (κ2) is 8.93. The number of likely N-dealkylation sites (tertiary alicyclic amines) is 1. The summed E-state index contributed by atoms with van der Waals surface area (Å²) in [5, 5.41) is 0. The molecule has 0 radical (unpaired) electrons. The van der Waals surface area contributed by atoms with E-state index in [4.69, 9.17) is 9.97 Å². The number of hydrogen-bond acceptors (Lipinski definition) is 5. The van der Waals surface area contributed by atoms with Crippen LogP contribution in [0.25, 0.3) is 0 Å². The Morgan fingerprint density at radius 2 is 1.87 bits per heavy atom. The molecule has 1 amide bonds. The zero-order chi connectivity index (χ0) is 21.2. The van der Waals surface area contributed by atoms with Crippen molar-refractivity contribution >= 4 is 11.7 Å². The lowest BCUT2D eigenvalue weighted by molar-refractivity contribution is -0.139. The summed E-state index contributed by atoms with van der Waals surface area (Å²) in [6, 6.07) is 6.09. The van der Waals surface area contributed by atoms with Crippen molar-refractivity contribution in [3.05, 3.63) is 47.2 Å². The number of carbonyl (C=O) groups excluding carboxylic acids is 1. The third-order valence-electron chi connectivity index (χ3n) is 7.23. The van der Waals surface area contributed by atoms with Crippen molar-refractivity contribution in [3.63, 3.8) is 0 Å². The Morgan fingerprint density at radius 3 is 2.68 bits per heavy atom. The van der Waals surface area contributed by atoms with E-state index in [2.05, 4.69) is 27.8 Å². The molecular formula is C25H33N5O. The van der Waals surface area contributed by atoms with Crippen LogP contribution in [0.15, 0.2) is 24.4 Å². The fourth-order valence-electron chi connectivity index (χ4n) is 5.57. The minimum Gasteiger partial charge on any atom is -0.350 e. The van der Waals surface area contributed by atoms with Crippen LogP contribution in [0.4, 0.5) is 5.82 Å². The molecule has 4 heterocycles. The molecule has 1 saturated heterocycles. The van der Waals surface area contributed by atoms with Crippen LogP contribution in [0.2, 0.25) is 0 Å². The van der Waals surface area contributed by atoms with Gasteiger partial charge < -0.3 is 9.80 Å². The van der Waals surface area contributed by atoms with E-state index in [1.807, 2.05) is 18.3 Å². The van der Waals surface area contributed by atoms with Crippen molar-refractivity contribution in [1.82, 2.24) is 19.9 Å².